The molecule has 1 aromatic rings. The van der Waals surface area contributed by atoms with Crippen LogP contribution in [-0.4, -0.2) is 35.4 Å². The number of aromatic nitrogens is 2. The van der Waals surface area contributed by atoms with Crippen molar-refractivity contribution in [3.63, 3.8) is 0 Å². The second-order valence-electron chi connectivity index (χ2n) is 4.74. The third-order valence-electron chi connectivity index (χ3n) is 3.05. The molecule has 1 aromatic heterocycles. The Hall–Kier alpha value is -1.52. The van der Waals surface area contributed by atoms with Crippen LogP contribution in [0.4, 0.5) is 0 Å². The molecule has 17 heavy (non-hydrogen) atoms. The first-order valence-corrected chi connectivity index (χ1v) is 6.15. The molecule has 2 atom stereocenters. The summed E-state index contributed by atoms with van der Waals surface area (Å²) in [6, 6.07) is 0.605. The average Bonchev–Trinajstić information content (AvgIpc) is 2.82. The highest BCUT2D eigenvalue weighted by Gasteiger charge is 2.33. The fourth-order valence-corrected chi connectivity index (χ4v) is 1.77. The van der Waals surface area contributed by atoms with E-state index in [9.17, 15) is 0 Å². The van der Waals surface area contributed by atoms with Crippen LogP contribution in [0, 0.1) is 12.8 Å². The molecule has 1 fully saturated rings. The molecule has 0 amide bonds. The number of rotatable bonds is 4. The lowest BCUT2D eigenvalue weighted by molar-refractivity contribution is 0.596. The quantitative estimate of drug-likeness (QED) is 0.598. The Bertz CT molecular complexity index is 395. The van der Waals surface area contributed by atoms with Gasteiger partial charge in [-0.25, -0.2) is 0 Å². The number of guanidine groups is 1. The number of hydrogen-bond acceptors (Lipinski definition) is 2. The normalized spacial score (nSPS) is 23.6. The molecule has 94 valence electrons. The molecule has 0 bridgehead atoms. The Morgan fingerprint density at radius 3 is 2.94 bits per heavy atom. The van der Waals surface area contributed by atoms with Crippen LogP contribution in [0.15, 0.2) is 17.4 Å². The second-order valence-corrected chi connectivity index (χ2v) is 4.74. The number of aliphatic imine (C=N–C) groups is 1. The van der Waals surface area contributed by atoms with Gasteiger partial charge in [-0.3, -0.25) is 9.67 Å². The van der Waals surface area contributed by atoms with Gasteiger partial charge >= 0.3 is 0 Å². The third kappa shape index (κ3) is 3.47. The van der Waals surface area contributed by atoms with Crippen molar-refractivity contribution in [2.24, 2.45) is 10.9 Å². The maximum Gasteiger partial charge on any atom is 0.191 e. The summed E-state index contributed by atoms with van der Waals surface area (Å²) in [5.74, 6) is 1.67. The van der Waals surface area contributed by atoms with Gasteiger partial charge in [-0.1, -0.05) is 6.92 Å². The molecule has 0 spiro atoms. The van der Waals surface area contributed by atoms with Crippen molar-refractivity contribution in [2.75, 3.05) is 13.6 Å². The van der Waals surface area contributed by atoms with Gasteiger partial charge in [-0.15, -0.1) is 0 Å². The van der Waals surface area contributed by atoms with Gasteiger partial charge in [-0.05, 0) is 24.8 Å². The average molecular weight is 235 g/mol. The van der Waals surface area contributed by atoms with Crippen molar-refractivity contribution in [1.82, 2.24) is 20.4 Å². The van der Waals surface area contributed by atoms with Crippen molar-refractivity contribution in [3.05, 3.63) is 18.0 Å². The van der Waals surface area contributed by atoms with Gasteiger partial charge in [0.15, 0.2) is 5.96 Å². The van der Waals surface area contributed by atoms with Gasteiger partial charge in [-0.2, -0.15) is 5.10 Å². The third-order valence-corrected chi connectivity index (χ3v) is 3.05. The van der Waals surface area contributed by atoms with E-state index >= 15 is 0 Å². The van der Waals surface area contributed by atoms with E-state index in [0.717, 1.165) is 25.0 Å². The number of hydrogen-bond donors (Lipinski definition) is 2. The van der Waals surface area contributed by atoms with Gasteiger partial charge in [0.25, 0.3) is 0 Å². The molecule has 2 rings (SSSR count). The highest BCUT2D eigenvalue weighted by atomic mass is 15.3. The standard InChI is InChI=1S/C12H21N5/c1-9-7-15-17(8-9)5-4-14-12(13-3)16-11-6-10(11)2/h7-8,10-11H,4-6H2,1-3H3,(H2,13,14,16). The van der Waals surface area contributed by atoms with Crippen molar-refractivity contribution in [3.8, 4) is 0 Å². The fraction of sp³-hybridized carbons (Fsp3) is 0.667. The largest absolute Gasteiger partial charge is 0.355 e. The summed E-state index contributed by atoms with van der Waals surface area (Å²) < 4.78 is 1.94. The summed E-state index contributed by atoms with van der Waals surface area (Å²) in [5.41, 5.74) is 1.19. The lowest BCUT2D eigenvalue weighted by atomic mass is 10.4. The molecular formula is C12H21N5. The van der Waals surface area contributed by atoms with Crippen LogP contribution in [0.25, 0.3) is 0 Å². The Labute approximate surface area is 102 Å². The van der Waals surface area contributed by atoms with Gasteiger partial charge < -0.3 is 10.6 Å². The number of nitrogens with zero attached hydrogens (tertiary/aromatic N) is 3. The summed E-state index contributed by atoms with van der Waals surface area (Å²) in [7, 11) is 1.81. The molecular weight excluding hydrogens is 214 g/mol. The van der Waals surface area contributed by atoms with Crippen LogP contribution in [-0.2, 0) is 6.54 Å². The van der Waals surface area contributed by atoms with Crippen LogP contribution in [0.1, 0.15) is 18.9 Å². The molecule has 5 heteroatoms. The maximum absolute atomic E-state index is 4.24. The van der Waals surface area contributed by atoms with Gasteiger partial charge in [0, 0.05) is 25.8 Å². The van der Waals surface area contributed by atoms with Gasteiger partial charge in [0.2, 0.25) is 0 Å². The molecule has 0 radical (unpaired) electrons. The number of nitrogens with one attached hydrogen (secondary N) is 2. The van der Waals surface area contributed by atoms with E-state index < -0.39 is 0 Å². The first-order chi connectivity index (χ1) is 8.19. The van der Waals surface area contributed by atoms with E-state index in [2.05, 4.69) is 27.6 Å². The lowest BCUT2D eigenvalue weighted by Gasteiger charge is -2.11. The van der Waals surface area contributed by atoms with Crippen molar-refractivity contribution >= 4 is 5.96 Å². The van der Waals surface area contributed by atoms with E-state index in [-0.39, 0.29) is 0 Å². The van der Waals surface area contributed by atoms with Crippen LogP contribution in [0.5, 0.6) is 0 Å². The number of aryl methyl sites for hydroxylation is 1. The predicted molar refractivity (Wildman–Crippen MR) is 69.0 cm³/mol. The summed E-state index contributed by atoms with van der Waals surface area (Å²) in [6.07, 6.45) is 5.17. The molecule has 1 aliphatic carbocycles. The zero-order chi connectivity index (χ0) is 12.3. The molecule has 0 saturated heterocycles. The first kappa shape index (κ1) is 12.0. The molecule has 1 aliphatic rings. The topological polar surface area (TPSA) is 54.2 Å². The zero-order valence-electron chi connectivity index (χ0n) is 10.8. The summed E-state index contributed by atoms with van der Waals surface area (Å²) in [5, 5.41) is 10.9. The van der Waals surface area contributed by atoms with Crippen LogP contribution in [0.2, 0.25) is 0 Å². The molecule has 0 aliphatic heterocycles. The van der Waals surface area contributed by atoms with Crippen molar-refractivity contribution in [2.45, 2.75) is 32.9 Å². The van der Waals surface area contributed by atoms with Crippen LogP contribution in [0.3, 0.4) is 0 Å². The summed E-state index contributed by atoms with van der Waals surface area (Å²) in [6.45, 7) is 5.99. The molecule has 0 aromatic carbocycles. The SMILES string of the molecule is CN=C(NCCn1cc(C)cn1)NC1CC1C. The second kappa shape index (κ2) is 5.21. The Morgan fingerprint density at radius 2 is 2.41 bits per heavy atom. The molecule has 1 saturated carbocycles. The maximum atomic E-state index is 4.24. The first-order valence-electron chi connectivity index (χ1n) is 6.15. The monoisotopic (exact) mass is 235 g/mol. The minimum atomic E-state index is 0.605. The van der Waals surface area contributed by atoms with Gasteiger partial charge in [0.1, 0.15) is 0 Å². The predicted octanol–water partition coefficient (Wildman–Crippen LogP) is 0.765. The van der Waals surface area contributed by atoms with Crippen LogP contribution < -0.4 is 10.6 Å². The van der Waals surface area contributed by atoms with E-state index in [0.29, 0.717) is 6.04 Å². The highest BCUT2D eigenvalue weighted by Crippen LogP contribution is 2.28. The van der Waals surface area contributed by atoms with E-state index in [1.165, 1.54) is 12.0 Å². The minimum absolute atomic E-state index is 0.605. The van der Waals surface area contributed by atoms with E-state index in [1.54, 1.807) is 7.05 Å². The Kier molecular flexibility index (Phi) is 3.66. The lowest BCUT2D eigenvalue weighted by Crippen LogP contribution is -2.40. The molecule has 1 heterocycles. The van der Waals surface area contributed by atoms with Gasteiger partial charge in [0.05, 0.1) is 12.7 Å². The Balaban J connectivity index is 1.69. The fourth-order valence-electron chi connectivity index (χ4n) is 1.77. The summed E-state index contributed by atoms with van der Waals surface area (Å²) >= 11 is 0. The van der Waals surface area contributed by atoms with Crippen LogP contribution >= 0.6 is 0 Å². The molecule has 5 nitrogen and oxygen atoms in total. The van der Waals surface area contributed by atoms with E-state index in [1.807, 2.05) is 24.0 Å². The Morgan fingerprint density at radius 1 is 1.65 bits per heavy atom. The van der Waals surface area contributed by atoms with Crippen molar-refractivity contribution in [1.29, 1.82) is 0 Å². The summed E-state index contributed by atoms with van der Waals surface area (Å²) in [4.78, 5) is 4.20. The minimum Gasteiger partial charge on any atom is -0.355 e. The van der Waals surface area contributed by atoms with Crippen molar-refractivity contribution < 1.29 is 0 Å². The molecule has 2 unspecified atom stereocenters. The highest BCUT2D eigenvalue weighted by molar-refractivity contribution is 5.80. The van der Waals surface area contributed by atoms with E-state index in [4.69, 9.17) is 0 Å². The molecule has 2 N–H and O–H groups in total. The smallest absolute Gasteiger partial charge is 0.191 e. The zero-order valence-corrected chi connectivity index (χ0v) is 10.8.